The van der Waals surface area contributed by atoms with Gasteiger partial charge in [0.15, 0.2) is 23.0 Å². The molecular weight excluding hydrogens is 422 g/mol. The van der Waals surface area contributed by atoms with E-state index in [2.05, 4.69) is 4.99 Å². The number of carbonyl (C=O) groups excluding carboxylic acids is 2. The molecule has 0 bridgehead atoms. The monoisotopic (exact) mass is 437 g/mol. The van der Waals surface area contributed by atoms with Crippen molar-refractivity contribution in [2.45, 2.75) is 6.92 Å². The number of furan rings is 1. The first-order valence-corrected chi connectivity index (χ1v) is 9.55. The summed E-state index contributed by atoms with van der Waals surface area (Å²) in [7, 11) is 1.42. The minimum Gasteiger partial charge on any atom is -0.493 e. The van der Waals surface area contributed by atoms with E-state index in [0.717, 1.165) is 5.56 Å². The van der Waals surface area contributed by atoms with Crippen molar-refractivity contribution in [2.75, 3.05) is 7.11 Å². The number of cyclic esters (lactones) is 1. The first kappa shape index (κ1) is 20.4. The second-order valence-corrected chi connectivity index (χ2v) is 7.01. The lowest BCUT2D eigenvalue weighted by Crippen LogP contribution is -2.10. The fourth-order valence-electron chi connectivity index (χ4n) is 2.92. The van der Waals surface area contributed by atoms with Crippen LogP contribution in [0.3, 0.4) is 0 Å². The summed E-state index contributed by atoms with van der Waals surface area (Å²) < 4.78 is 21.1. The molecule has 8 heteroatoms. The summed E-state index contributed by atoms with van der Waals surface area (Å²) in [6, 6.07) is 13.4. The number of aryl methyl sites for hydroxylation is 1. The van der Waals surface area contributed by atoms with E-state index in [1.165, 1.54) is 25.5 Å². The van der Waals surface area contributed by atoms with Crippen molar-refractivity contribution in [3.8, 4) is 11.5 Å². The number of esters is 2. The third-order valence-electron chi connectivity index (χ3n) is 4.36. The number of methoxy groups -OCH3 is 1. The van der Waals surface area contributed by atoms with Crippen molar-refractivity contribution in [3.63, 3.8) is 0 Å². The quantitative estimate of drug-likeness (QED) is 0.323. The smallest absolute Gasteiger partial charge is 0.363 e. The van der Waals surface area contributed by atoms with Gasteiger partial charge in [0.2, 0.25) is 0 Å². The maximum absolute atomic E-state index is 12.5. The van der Waals surface area contributed by atoms with Crippen molar-refractivity contribution in [2.24, 2.45) is 4.99 Å². The van der Waals surface area contributed by atoms with Gasteiger partial charge in [0.05, 0.1) is 24.0 Å². The highest BCUT2D eigenvalue weighted by atomic mass is 35.5. The van der Waals surface area contributed by atoms with Crippen LogP contribution >= 0.6 is 11.6 Å². The summed E-state index contributed by atoms with van der Waals surface area (Å²) in [4.78, 5) is 28.8. The maximum Gasteiger partial charge on any atom is 0.363 e. The highest BCUT2D eigenvalue weighted by Crippen LogP contribution is 2.38. The van der Waals surface area contributed by atoms with Gasteiger partial charge in [0.25, 0.3) is 5.90 Å². The SMILES string of the molecule is COc1cc(/C=C2\N=C(c3ccco3)OC2=O)cc(Cl)c1OC(=O)c1cccc(C)c1. The predicted molar refractivity (Wildman–Crippen MR) is 113 cm³/mol. The Morgan fingerprint density at radius 1 is 1.16 bits per heavy atom. The normalized spacial score (nSPS) is 14.4. The third-order valence-corrected chi connectivity index (χ3v) is 4.64. The summed E-state index contributed by atoms with van der Waals surface area (Å²) in [5.74, 6) is -0.485. The van der Waals surface area contributed by atoms with Gasteiger partial charge in [-0.3, -0.25) is 0 Å². The Hall–Kier alpha value is -3.84. The minimum atomic E-state index is -0.628. The molecule has 1 aliphatic heterocycles. The Morgan fingerprint density at radius 3 is 2.71 bits per heavy atom. The van der Waals surface area contributed by atoms with Crippen molar-refractivity contribution in [1.29, 1.82) is 0 Å². The van der Waals surface area contributed by atoms with E-state index >= 15 is 0 Å². The zero-order chi connectivity index (χ0) is 22.0. The number of aliphatic imine (C=N–C) groups is 1. The van der Waals surface area contributed by atoms with Crippen LogP contribution in [-0.2, 0) is 9.53 Å². The van der Waals surface area contributed by atoms with Crippen LogP contribution in [0.1, 0.15) is 27.2 Å². The minimum absolute atomic E-state index is 0.0639. The van der Waals surface area contributed by atoms with E-state index < -0.39 is 11.9 Å². The predicted octanol–water partition coefficient (Wildman–Crippen LogP) is 4.81. The fraction of sp³-hybridized carbons (Fsp3) is 0.0870. The van der Waals surface area contributed by atoms with Crippen LogP contribution in [-0.4, -0.2) is 24.9 Å². The molecule has 31 heavy (non-hydrogen) atoms. The zero-order valence-electron chi connectivity index (χ0n) is 16.5. The van der Waals surface area contributed by atoms with Gasteiger partial charge in [-0.2, -0.15) is 0 Å². The lowest BCUT2D eigenvalue weighted by Gasteiger charge is -2.12. The van der Waals surface area contributed by atoms with Gasteiger partial charge in [-0.15, -0.1) is 0 Å². The highest BCUT2D eigenvalue weighted by Gasteiger charge is 2.26. The molecule has 1 aromatic heterocycles. The van der Waals surface area contributed by atoms with Crippen LogP contribution in [0, 0.1) is 6.92 Å². The average molecular weight is 438 g/mol. The second kappa shape index (κ2) is 8.49. The zero-order valence-corrected chi connectivity index (χ0v) is 17.3. The van der Waals surface area contributed by atoms with Gasteiger partial charge in [-0.1, -0.05) is 29.3 Å². The topological polar surface area (TPSA) is 87.3 Å². The van der Waals surface area contributed by atoms with E-state index in [-0.39, 0.29) is 28.1 Å². The Kier molecular flexibility index (Phi) is 5.60. The second-order valence-electron chi connectivity index (χ2n) is 6.61. The fourth-order valence-corrected chi connectivity index (χ4v) is 3.18. The number of rotatable bonds is 5. The van der Waals surface area contributed by atoms with Gasteiger partial charge in [0, 0.05) is 0 Å². The van der Waals surface area contributed by atoms with Crippen LogP contribution in [0.15, 0.2) is 69.9 Å². The number of nitrogens with zero attached hydrogens (tertiary/aromatic N) is 1. The van der Waals surface area contributed by atoms with E-state index in [4.69, 9.17) is 30.2 Å². The molecule has 7 nitrogen and oxygen atoms in total. The molecule has 0 amide bonds. The molecule has 0 saturated heterocycles. The van der Waals surface area contributed by atoms with Crippen LogP contribution < -0.4 is 9.47 Å². The van der Waals surface area contributed by atoms with E-state index in [1.54, 1.807) is 36.4 Å². The third kappa shape index (κ3) is 4.36. The molecule has 1 aliphatic rings. The molecule has 0 atom stereocenters. The summed E-state index contributed by atoms with van der Waals surface area (Å²) in [6.45, 7) is 1.88. The van der Waals surface area contributed by atoms with Gasteiger partial charge < -0.3 is 18.6 Å². The molecular formula is C23H16ClNO6. The van der Waals surface area contributed by atoms with E-state index in [1.807, 2.05) is 13.0 Å². The Bertz CT molecular complexity index is 1230. The number of halogens is 1. The van der Waals surface area contributed by atoms with Gasteiger partial charge >= 0.3 is 11.9 Å². The Morgan fingerprint density at radius 2 is 2.00 bits per heavy atom. The highest BCUT2D eigenvalue weighted by molar-refractivity contribution is 6.32. The molecule has 156 valence electrons. The molecule has 3 aromatic rings. The molecule has 0 unspecified atom stereocenters. The van der Waals surface area contributed by atoms with Crippen LogP contribution in [0.5, 0.6) is 11.5 Å². The van der Waals surface area contributed by atoms with Gasteiger partial charge in [0.1, 0.15) is 0 Å². The average Bonchev–Trinajstić information content (AvgIpc) is 3.40. The Balaban J connectivity index is 1.63. The van der Waals surface area contributed by atoms with E-state index in [9.17, 15) is 9.59 Å². The number of ether oxygens (including phenoxy) is 3. The molecule has 0 spiro atoms. The lowest BCUT2D eigenvalue weighted by atomic mass is 10.1. The summed E-state index contributed by atoms with van der Waals surface area (Å²) >= 11 is 6.35. The molecule has 0 saturated carbocycles. The van der Waals surface area contributed by atoms with Crippen LogP contribution in [0.4, 0.5) is 0 Å². The van der Waals surface area contributed by atoms with Crippen molar-refractivity contribution >= 4 is 35.5 Å². The molecule has 2 heterocycles. The molecule has 0 radical (unpaired) electrons. The summed E-state index contributed by atoms with van der Waals surface area (Å²) in [5.41, 5.74) is 1.88. The molecule has 0 fully saturated rings. The number of carbonyl (C=O) groups is 2. The number of hydrogen-bond acceptors (Lipinski definition) is 7. The van der Waals surface area contributed by atoms with Crippen molar-refractivity contribution in [3.05, 3.63) is 88.0 Å². The van der Waals surface area contributed by atoms with Crippen LogP contribution in [0.2, 0.25) is 5.02 Å². The maximum atomic E-state index is 12.5. The van der Waals surface area contributed by atoms with Crippen LogP contribution in [0.25, 0.3) is 6.08 Å². The first-order chi connectivity index (χ1) is 14.9. The lowest BCUT2D eigenvalue weighted by molar-refractivity contribution is -0.130. The summed E-state index contributed by atoms with van der Waals surface area (Å²) in [5, 5.41) is 0.133. The molecule has 0 N–H and O–H groups in total. The summed E-state index contributed by atoms with van der Waals surface area (Å²) in [6.07, 6.45) is 2.94. The number of hydrogen-bond donors (Lipinski definition) is 0. The first-order valence-electron chi connectivity index (χ1n) is 9.17. The largest absolute Gasteiger partial charge is 0.493 e. The molecule has 4 rings (SSSR count). The molecule has 0 aliphatic carbocycles. The molecule has 2 aromatic carbocycles. The standard InChI is InChI=1S/C23H16ClNO6/c1-13-5-3-6-15(9-13)22(26)30-20-16(24)10-14(12-19(20)28-2)11-17-23(27)31-21(25-17)18-7-4-8-29-18/h3-12H,1-2H3/b17-11-. The number of benzene rings is 2. The van der Waals surface area contributed by atoms with Crippen molar-refractivity contribution < 1.29 is 28.2 Å². The van der Waals surface area contributed by atoms with Crippen molar-refractivity contribution in [1.82, 2.24) is 0 Å². The Labute approximate surface area is 182 Å². The van der Waals surface area contributed by atoms with Gasteiger partial charge in [-0.05, 0) is 55.0 Å². The van der Waals surface area contributed by atoms with E-state index in [0.29, 0.717) is 16.9 Å². The van der Waals surface area contributed by atoms with Gasteiger partial charge in [-0.25, -0.2) is 14.6 Å².